The highest BCUT2D eigenvalue weighted by atomic mass is 79.9. The molecule has 2 aromatic carbocycles. The highest BCUT2D eigenvalue weighted by Crippen LogP contribution is 2.36. The molecule has 1 heterocycles. The zero-order valence-corrected chi connectivity index (χ0v) is 17.5. The summed E-state index contributed by atoms with van der Waals surface area (Å²) in [4.78, 5) is 14.4. The predicted molar refractivity (Wildman–Crippen MR) is 114 cm³/mol. The van der Waals surface area contributed by atoms with Crippen molar-refractivity contribution in [1.29, 1.82) is 0 Å². The van der Waals surface area contributed by atoms with E-state index < -0.39 is 5.97 Å². The third-order valence-electron chi connectivity index (χ3n) is 5.59. The third kappa shape index (κ3) is 4.09. The van der Waals surface area contributed by atoms with Gasteiger partial charge in [-0.15, -0.1) is 0 Å². The van der Waals surface area contributed by atoms with E-state index >= 15 is 0 Å². The minimum absolute atomic E-state index is 0.000441. The number of carboxylic acids is 1. The number of hydrogen-bond donors (Lipinski definition) is 2. The first-order valence-corrected chi connectivity index (χ1v) is 10.6. The van der Waals surface area contributed by atoms with E-state index in [2.05, 4.69) is 39.2 Å². The zero-order valence-electron chi connectivity index (χ0n) is 15.9. The van der Waals surface area contributed by atoms with Gasteiger partial charge in [-0.2, -0.15) is 0 Å². The normalized spacial score (nSPS) is 14.6. The van der Waals surface area contributed by atoms with Crippen molar-refractivity contribution < 1.29 is 14.6 Å². The molecule has 1 aliphatic carbocycles. The summed E-state index contributed by atoms with van der Waals surface area (Å²) in [6, 6.07) is 9.82. The summed E-state index contributed by atoms with van der Waals surface area (Å²) < 4.78 is 6.96. The van der Waals surface area contributed by atoms with Crippen molar-refractivity contribution in [3.63, 3.8) is 0 Å². The summed E-state index contributed by atoms with van der Waals surface area (Å²) in [6.45, 7) is 1.94. The number of hydrogen-bond acceptors (Lipinski definition) is 2. The molecule has 4 nitrogen and oxygen atoms in total. The summed E-state index contributed by atoms with van der Waals surface area (Å²) in [5.41, 5.74) is 4.16. The van der Waals surface area contributed by atoms with Crippen LogP contribution in [-0.4, -0.2) is 16.1 Å². The highest BCUT2D eigenvalue weighted by Gasteiger charge is 2.18. The van der Waals surface area contributed by atoms with Gasteiger partial charge in [0, 0.05) is 17.1 Å². The van der Waals surface area contributed by atoms with E-state index in [0.717, 1.165) is 45.0 Å². The topological polar surface area (TPSA) is 62.3 Å². The van der Waals surface area contributed by atoms with E-state index in [1.54, 1.807) is 0 Å². The van der Waals surface area contributed by atoms with E-state index in [9.17, 15) is 4.79 Å². The molecule has 1 fully saturated rings. The molecule has 0 amide bonds. The van der Waals surface area contributed by atoms with Crippen LogP contribution in [-0.2, 0) is 17.6 Å². The van der Waals surface area contributed by atoms with Crippen LogP contribution in [0.2, 0.25) is 0 Å². The van der Waals surface area contributed by atoms with Gasteiger partial charge >= 0.3 is 5.97 Å². The molecule has 0 unspecified atom stereocenters. The Morgan fingerprint density at radius 1 is 1.25 bits per heavy atom. The fraction of sp³-hybridized carbons (Fsp3) is 0.348. The van der Waals surface area contributed by atoms with Crippen molar-refractivity contribution in [2.24, 2.45) is 5.92 Å². The van der Waals surface area contributed by atoms with E-state index in [0.29, 0.717) is 0 Å². The number of fused-ring (bicyclic) bond motifs is 1. The number of benzene rings is 2. The molecule has 0 saturated heterocycles. The second-order valence-corrected chi connectivity index (χ2v) is 8.63. The van der Waals surface area contributed by atoms with Crippen molar-refractivity contribution in [3.8, 4) is 11.5 Å². The first-order valence-electron chi connectivity index (χ1n) is 9.78. The minimum atomic E-state index is -0.840. The Kier molecular flexibility index (Phi) is 5.44. The molecular weight excluding hydrogens is 418 g/mol. The van der Waals surface area contributed by atoms with Gasteiger partial charge in [0.05, 0.1) is 10.9 Å². The summed E-state index contributed by atoms with van der Waals surface area (Å²) >= 11 is 3.54. The van der Waals surface area contributed by atoms with Crippen LogP contribution in [0.3, 0.4) is 0 Å². The van der Waals surface area contributed by atoms with Gasteiger partial charge in [-0.25, -0.2) is 0 Å². The minimum Gasteiger partial charge on any atom is -0.481 e. The van der Waals surface area contributed by atoms with Crippen molar-refractivity contribution in [3.05, 3.63) is 57.7 Å². The molecule has 3 aromatic rings. The smallest absolute Gasteiger partial charge is 0.307 e. The number of carboxylic acid groups (broad SMARTS) is 1. The standard InChI is InChI=1S/C23H24BrNO3/c1-14-8-16(11-22(26)27)10-20(24)23(14)28-18-6-7-21-19(12-18)17(13-25-21)9-15-4-2-3-5-15/h6-8,10,12-13,15,25H,2-5,9,11H2,1H3,(H,26,27). The largest absolute Gasteiger partial charge is 0.481 e. The van der Waals surface area contributed by atoms with Gasteiger partial charge in [-0.05, 0) is 76.1 Å². The summed E-state index contributed by atoms with van der Waals surface area (Å²) in [7, 11) is 0. The summed E-state index contributed by atoms with van der Waals surface area (Å²) in [5.74, 6) is 1.46. The van der Waals surface area contributed by atoms with Gasteiger partial charge in [-0.1, -0.05) is 31.7 Å². The maximum atomic E-state index is 11.0. The van der Waals surface area contributed by atoms with Crippen LogP contribution in [0, 0.1) is 12.8 Å². The molecule has 0 radical (unpaired) electrons. The SMILES string of the molecule is Cc1cc(CC(=O)O)cc(Br)c1Oc1ccc2[nH]cc(CC3CCCC3)c2c1. The third-order valence-corrected chi connectivity index (χ3v) is 6.18. The van der Waals surface area contributed by atoms with E-state index in [1.807, 2.05) is 25.1 Å². The second-order valence-electron chi connectivity index (χ2n) is 7.77. The van der Waals surface area contributed by atoms with Crippen molar-refractivity contribution >= 4 is 32.8 Å². The molecule has 28 heavy (non-hydrogen) atoms. The number of carbonyl (C=O) groups is 1. The number of nitrogens with one attached hydrogen (secondary N) is 1. The van der Waals surface area contributed by atoms with Crippen LogP contribution >= 0.6 is 15.9 Å². The zero-order chi connectivity index (χ0) is 19.7. The number of ether oxygens (including phenoxy) is 1. The number of aromatic nitrogens is 1. The molecule has 1 saturated carbocycles. The van der Waals surface area contributed by atoms with E-state index in [1.165, 1.54) is 36.6 Å². The first-order chi connectivity index (χ1) is 13.5. The van der Waals surface area contributed by atoms with Gasteiger partial charge < -0.3 is 14.8 Å². The van der Waals surface area contributed by atoms with Gasteiger partial charge in [-0.3, -0.25) is 4.79 Å². The molecule has 1 aliphatic rings. The van der Waals surface area contributed by atoms with Crippen molar-refractivity contribution in [2.75, 3.05) is 0 Å². The van der Waals surface area contributed by atoms with Crippen molar-refractivity contribution in [2.45, 2.75) is 45.4 Å². The monoisotopic (exact) mass is 441 g/mol. The van der Waals surface area contributed by atoms with Gasteiger partial charge in [0.1, 0.15) is 11.5 Å². The fourth-order valence-corrected chi connectivity index (χ4v) is 4.93. The number of aliphatic carboxylic acids is 1. The Balaban J connectivity index is 1.60. The Bertz CT molecular complexity index is 995. The van der Waals surface area contributed by atoms with E-state index in [4.69, 9.17) is 9.84 Å². The van der Waals surface area contributed by atoms with Gasteiger partial charge in [0.25, 0.3) is 0 Å². The lowest BCUT2D eigenvalue weighted by Crippen LogP contribution is -2.01. The quantitative estimate of drug-likeness (QED) is 0.465. The maximum absolute atomic E-state index is 11.0. The molecule has 1 aromatic heterocycles. The van der Waals surface area contributed by atoms with Crippen LogP contribution in [0.5, 0.6) is 11.5 Å². The molecule has 0 atom stereocenters. The molecular formula is C23H24BrNO3. The lowest BCUT2D eigenvalue weighted by molar-refractivity contribution is -0.136. The Morgan fingerprint density at radius 3 is 2.75 bits per heavy atom. The first kappa shape index (κ1) is 19.1. The molecule has 4 rings (SSSR count). The second kappa shape index (κ2) is 8.00. The number of aryl methyl sites for hydroxylation is 1. The molecule has 0 bridgehead atoms. The Labute approximate surface area is 173 Å². The van der Waals surface area contributed by atoms with E-state index in [-0.39, 0.29) is 6.42 Å². The van der Waals surface area contributed by atoms with Gasteiger partial charge in [0.2, 0.25) is 0 Å². The number of rotatable bonds is 6. The molecule has 0 aliphatic heterocycles. The highest BCUT2D eigenvalue weighted by molar-refractivity contribution is 9.10. The van der Waals surface area contributed by atoms with Gasteiger partial charge in [0.15, 0.2) is 0 Å². The average Bonchev–Trinajstić information content (AvgIpc) is 3.28. The molecule has 146 valence electrons. The molecule has 0 spiro atoms. The number of aromatic amines is 1. The predicted octanol–water partition coefficient (Wildman–Crippen LogP) is 6.39. The summed E-state index contributed by atoms with van der Waals surface area (Å²) in [5, 5.41) is 10.2. The molecule has 2 N–H and O–H groups in total. The Hall–Kier alpha value is -2.27. The number of H-pyrrole nitrogens is 1. The maximum Gasteiger partial charge on any atom is 0.307 e. The summed E-state index contributed by atoms with van der Waals surface area (Å²) in [6.07, 6.45) is 8.62. The van der Waals surface area contributed by atoms with Crippen LogP contribution < -0.4 is 4.74 Å². The number of halogens is 1. The average molecular weight is 442 g/mol. The van der Waals surface area contributed by atoms with Crippen LogP contribution in [0.4, 0.5) is 0 Å². The fourth-order valence-electron chi connectivity index (χ4n) is 4.24. The van der Waals surface area contributed by atoms with Crippen molar-refractivity contribution in [1.82, 2.24) is 4.98 Å². The molecule has 5 heteroatoms. The van der Waals surface area contributed by atoms with Crippen LogP contribution in [0.1, 0.15) is 42.4 Å². The van der Waals surface area contributed by atoms with Crippen LogP contribution in [0.15, 0.2) is 41.0 Å². The lowest BCUT2D eigenvalue weighted by atomic mass is 9.98. The Morgan fingerprint density at radius 2 is 2.04 bits per heavy atom. The lowest BCUT2D eigenvalue weighted by Gasteiger charge is -2.13. The van der Waals surface area contributed by atoms with Crippen LogP contribution in [0.25, 0.3) is 10.9 Å².